The van der Waals surface area contributed by atoms with Gasteiger partial charge in [-0.1, -0.05) is 12.1 Å². The molecular weight excluding hydrogens is 488 g/mol. The molecule has 1 fully saturated rings. The predicted octanol–water partition coefficient (Wildman–Crippen LogP) is 1.48. The topological polar surface area (TPSA) is 165 Å². The van der Waals surface area contributed by atoms with Gasteiger partial charge >= 0.3 is 5.97 Å². The molecule has 0 bridgehead atoms. The van der Waals surface area contributed by atoms with Gasteiger partial charge in [-0.2, -0.15) is 0 Å². The minimum Gasteiger partial charge on any atom is -0.504 e. The van der Waals surface area contributed by atoms with Crippen LogP contribution in [-0.4, -0.2) is 70.8 Å². The monoisotopic (exact) mass is 514 g/mol. The lowest BCUT2D eigenvalue weighted by Crippen LogP contribution is -2.60. The number of phenols is 1. The summed E-state index contributed by atoms with van der Waals surface area (Å²) in [7, 11) is 1.42. The highest BCUT2D eigenvalue weighted by Crippen LogP contribution is 2.32. The number of aliphatic hydroxyl groups excluding tert-OH is 3. The van der Waals surface area contributed by atoms with Crippen LogP contribution in [0.15, 0.2) is 64.0 Å². The van der Waals surface area contributed by atoms with Crippen LogP contribution in [0.3, 0.4) is 0 Å². The molecule has 0 aliphatic carbocycles. The number of carbonyl (C=O) groups is 1. The van der Waals surface area contributed by atoms with Gasteiger partial charge in [-0.3, -0.25) is 4.79 Å². The number of aromatic hydroxyl groups is 1. The maximum Gasteiger partial charge on any atom is 0.330 e. The third kappa shape index (κ3) is 5.44. The Labute approximate surface area is 210 Å². The summed E-state index contributed by atoms with van der Waals surface area (Å²) >= 11 is 0. The highest BCUT2D eigenvalue weighted by Gasteiger charge is 2.45. The van der Waals surface area contributed by atoms with Crippen molar-refractivity contribution in [3.05, 3.63) is 65.0 Å². The molecule has 196 valence electrons. The Balaban J connectivity index is 1.55. The Kier molecular flexibility index (Phi) is 7.79. The zero-order valence-corrected chi connectivity index (χ0v) is 19.9. The normalized spacial score (nSPS) is 23.8. The molecule has 1 aliphatic rings. The van der Waals surface area contributed by atoms with Gasteiger partial charge in [-0.05, 0) is 36.8 Å². The largest absolute Gasteiger partial charge is 0.504 e. The Bertz CT molecular complexity index is 1360. The highest BCUT2D eigenvalue weighted by atomic mass is 16.7. The maximum atomic E-state index is 13.1. The third-order valence-electron chi connectivity index (χ3n) is 5.85. The number of phenolic OH excluding ortho intramolecular Hbond substituents is 1. The average molecular weight is 514 g/mol. The van der Waals surface area contributed by atoms with Crippen molar-refractivity contribution in [1.82, 2.24) is 0 Å². The fraction of sp³-hybridized carbons (Fsp3) is 0.308. The lowest BCUT2D eigenvalue weighted by molar-refractivity contribution is -0.278. The van der Waals surface area contributed by atoms with E-state index in [1.165, 1.54) is 55.9 Å². The number of carbonyl (C=O) groups excluding carboxylic acids is 1. The smallest absolute Gasteiger partial charge is 0.330 e. The SMILES string of the molecule is CC=CC(=O)OC[C@H]1O[C@@H](Oc2ccc3c(=O)c(-c4ccc(OC)c(O)c4)coc3c2)[C@H](O)[C@H](O)[C@H]1O. The second kappa shape index (κ2) is 11.0. The van der Waals surface area contributed by atoms with Crippen LogP contribution < -0.4 is 14.9 Å². The molecule has 2 aromatic carbocycles. The maximum absolute atomic E-state index is 13.1. The van der Waals surface area contributed by atoms with E-state index in [-0.39, 0.29) is 45.8 Å². The summed E-state index contributed by atoms with van der Waals surface area (Å²) in [6.07, 6.45) is -3.46. The second-order valence-electron chi connectivity index (χ2n) is 8.29. The zero-order valence-electron chi connectivity index (χ0n) is 19.9. The molecule has 11 heteroatoms. The van der Waals surface area contributed by atoms with E-state index in [2.05, 4.69) is 0 Å². The van der Waals surface area contributed by atoms with Crippen LogP contribution in [0.4, 0.5) is 0 Å². The first-order valence-electron chi connectivity index (χ1n) is 11.3. The third-order valence-corrected chi connectivity index (χ3v) is 5.85. The van der Waals surface area contributed by atoms with Gasteiger partial charge in [0.2, 0.25) is 6.29 Å². The van der Waals surface area contributed by atoms with Crippen LogP contribution >= 0.6 is 0 Å². The quantitative estimate of drug-likeness (QED) is 0.267. The van der Waals surface area contributed by atoms with Crippen molar-refractivity contribution >= 4 is 16.9 Å². The second-order valence-corrected chi connectivity index (χ2v) is 8.29. The van der Waals surface area contributed by atoms with Gasteiger partial charge in [0.25, 0.3) is 0 Å². The summed E-state index contributed by atoms with van der Waals surface area (Å²) in [5.74, 6) is -0.386. The number of esters is 1. The Morgan fingerprint density at radius 2 is 1.86 bits per heavy atom. The van der Waals surface area contributed by atoms with Crippen molar-refractivity contribution in [2.45, 2.75) is 37.6 Å². The van der Waals surface area contributed by atoms with Crippen molar-refractivity contribution in [3.63, 3.8) is 0 Å². The van der Waals surface area contributed by atoms with Crippen molar-refractivity contribution in [2.24, 2.45) is 0 Å². The molecule has 37 heavy (non-hydrogen) atoms. The van der Waals surface area contributed by atoms with Crippen LogP contribution in [0, 0.1) is 0 Å². The molecule has 4 N–H and O–H groups in total. The number of fused-ring (bicyclic) bond motifs is 1. The number of hydrogen-bond acceptors (Lipinski definition) is 11. The standard InChI is InChI=1S/C26H26O11/c1-3-4-21(28)35-12-20-23(30)24(31)25(32)26(37-20)36-14-6-7-15-19(10-14)34-11-16(22(15)29)13-5-8-18(33-2)17(27)9-13/h3-11,20,23-27,30-32H,12H2,1-2H3/t20-,23+,24-,25-,26-/m1/s1. The number of rotatable bonds is 7. The fourth-order valence-electron chi connectivity index (χ4n) is 3.87. The van der Waals surface area contributed by atoms with Gasteiger partial charge in [-0.15, -0.1) is 0 Å². The van der Waals surface area contributed by atoms with Crippen LogP contribution in [0.25, 0.3) is 22.1 Å². The van der Waals surface area contributed by atoms with Gasteiger partial charge in [0.1, 0.15) is 48.6 Å². The summed E-state index contributed by atoms with van der Waals surface area (Å²) in [6.45, 7) is 1.25. The number of methoxy groups -OCH3 is 1. The van der Waals surface area contributed by atoms with Gasteiger partial charge in [-0.25, -0.2) is 4.79 Å². The summed E-state index contributed by atoms with van der Waals surface area (Å²) in [5.41, 5.74) is 0.471. The van der Waals surface area contributed by atoms with Crippen molar-refractivity contribution in [3.8, 4) is 28.4 Å². The fourth-order valence-corrected chi connectivity index (χ4v) is 3.87. The molecule has 3 aromatic rings. The molecule has 1 saturated heterocycles. The Morgan fingerprint density at radius 1 is 1.08 bits per heavy atom. The summed E-state index contributed by atoms with van der Waals surface area (Å²) < 4.78 is 26.9. The van der Waals surface area contributed by atoms with Crippen molar-refractivity contribution in [2.75, 3.05) is 13.7 Å². The van der Waals surface area contributed by atoms with Gasteiger partial charge < -0.3 is 43.8 Å². The minimum absolute atomic E-state index is 0.128. The van der Waals surface area contributed by atoms with Gasteiger partial charge in [0, 0.05) is 12.1 Å². The van der Waals surface area contributed by atoms with E-state index in [1.54, 1.807) is 13.0 Å². The van der Waals surface area contributed by atoms with Crippen molar-refractivity contribution in [1.29, 1.82) is 0 Å². The van der Waals surface area contributed by atoms with E-state index in [0.717, 1.165) is 0 Å². The van der Waals surface area contributed by atoms with Gasteiger partial charge in [0.15, 0.2) is 16.9 Å². The first kappa shape index (κ1) is 26.2. The molecule has 2 heterocycles. The molecule has 0 amide bonds. The van der Waals surface area contributed by atoms with Crippen LogP contribution in [0.1, 0.15) is 6.92 Å². The molecule has 1 aliphatic heterocycles. The molecular formula is C26H26O11. The summed E-state index contributed by atoms with van der Waals surface area (Å²) in [6, 6.07) is 8.84. The first-order chi connectivity index (χ1) is 17.7. The minimum atomic E-state index is -1.63. The number of benzene rings is 2. The van der Waals surface area contributed by atoms with Crippen LogP contribution in [-0.2, 0) is 14.3 Å². The average Bonchev–Trinajstić information content (AvgIpc) is 2.88. The zero-order chi connectivity index (χ0) is 26.7. The first-order valence-corrected chi connectivity index (χ1v) is 11.3. The number of allylic oxidation sites excluding steroid dienone is 1. The molecule has 0 spiro atoms. The molecule has 4 rings (SSSR count). The molecule has 1 aromatic heterocycles. The van der Waals surface area contributed by atoms with E-state index < -0.39 is 36.7 Å². The Hall–Kier alpha value is -3.90. The lowest BCUT2D eigenvalue weighted by atomic mass is 9.99. The molecule has 0 unspecified atom stereocenters. The molecule has 0 radical (unpaired) electrons. The number of aliphatic hydroxyl groups is 3. The predicted molar refractivity (Wildman–Crippen MR) is 129 cm³/mol. The summed E-state index contributed by atoms with van der Waals surface area (Å²) in [4.78, 5) is 24.6. The Morgan fingerprint density at radius 3 is 2.57 bits per heavy atom. The number of hydrogen-bond donors (Lipinski definition) is 4. The number of ether oxygens (including phenoxy) is 4. The van der Waals surface area contributed by atoms with E-state index in [4.69, 9.17) is 23.4 Å². The molecule has 0 saturated carbocycles. The van der Waals surface area contributed by atoms with E-state index in [1.807, 2.05) is 0 Å². The van der Waals surface area contributed by atoms with Crippen LogP contribution in [0.2, 0.25) is 0 Å². The van der Waals surface area contributed by atoms with Crippen LogP contribution in [0.5, 0.6) is 17.2 Å². The van der Waals surface area contributed by atoms with E-state index >= 15 is 0 Å². The highest BCUT2D eigenvalue weighted by molar-refractivity contribution is 5.83. The molecule has 5 atom stereocenters. The van der Waals surface area contributed by atoms with E-state index in [9.17, 15) is 30.0 Å². The van der Waals surface area contributed by atoms with E-state index in [0.29, 0.717) is 5.56 Å². The van der Waals surface area contributed by atoms with Gasteiger partial charge in [0.05, 0.1) is 18.1 Å². The lowest BCUT2D eigenvalue weighted by Gasteiger charge is -2.39. The molecule has 11 nitrogen and oxygen atoms in total. The van der Waals surface area contributed by atoms with Crippen molar-refractivity contribution < 1.29 is 48.6 Å². The summed E-state index contributed by atoms with van der Waals surface area (Å²) in [5, 5.41) is 41.1.